The second-order valence-corrected chi connectivity index (χ2v) is 5.18. The largest absolute Gasteiger partial charge is 0.494 e. The van der Waals surface area contributed by atoms with Crippen LogP contribution in [-0.4, -0.2) is 37.5 Å². The Labute approximate surface area is 122 Å². The molecule has 0 bridgehead atoms. The van der Waals surface area contributed by atoms with Crippen LogP contribution in [0.3, 0.4) is 0 Å². The van der Waals surface area contributed by atoms with Crippen LogP contribution >= 0.6 is 0 Å². The number of likely N-dealkylation sites (N-methyl/N-ethyl adjacent to an activating group) is 1. The van der Waals surface area contributed by atoms with Crippen LogP contribution in [0.15, 0.2) is 24.3 Å². The van der Waals surface area contributed by atoms with Gasteiger partial charge < -0.3 is 19.9 Å². The molecule has 0 spiro atoms. The Morgan fingerprint density at radius 3 is 2.20 bits per heavy atom. The molecule has 0 heterocycles. The molecule has 4 heteroatoms. The molecule has 0 fully saturated rings. The fourth-order valence-electron chi connectivity index (χ4n) is 1.89. The molecule has 20 heavy (non-hydrogen) atoms. The van der Waals surface area contributed by atoms with Gasteiger partial charge in [-0.05, 0) is 64.4 Å². The average Bonchev–Trinajstić information content (AvgIpc) is 2.48. The van der Waals surface area contributed by atoms with Crippen LogP contribution in [0.4, 0.5) is 0 Å². The highest BCUT2D eigenvalue weighted by Crippen LogP contribution is 2.18. The van der Waals surface area contributed by atoms with E-state index in [1.165, 1.54) is 0 Å². The quantitative estimate of drug-likeness (QED) is 0.647. The third-order valence-electron chi connectivity index (χ3n) is 3.48. The fraction of sp³-hybridized carbons (Fsp3) is 0.625. The highest BCUT2D eigenvalue weighted by atomic mass is 16.5. The first-order valence-corrected chi connectivity index (χ1v) is 7.29. The predicted molar refractivity (Wildman–Crippen MR) is 81.5 cm³/mol. The summed E-state index contributed by atoms with van der Waals surface area (Å²) in [4.78, 5) is 0. The Morgan fingerprint density at radius 1 is 1.10 bits per heavy atom. The third kappa shape index (κ3) is 5.80. The van der Waals surface area contributed by atoms with E-state index in [2.05, 4.69) is 5.32 Å². The van der Waals surface area contributed by atoms with Crippen molar-refractivity contribution in [1.29, 1.82) is 0 Å². The zero-order chi connectivity index (χ0) is 14.8. The van der Waals surface area contributed by atoms with Crippen molar-refractivity contribution >= 4 is 0 Å². The van der Waals surface area contributed by atoms with Crippen LogP contribution in [0, 0.1) is 0 Å². The molecule has 0 radical (unpaired) electrons. The molecule has 1 atom stereocenters. The van der Waals surface area contributed by atoms with Crippen LogP contribution in [0.1, 0.15) is 33.1 Å². The normalized spacial score (nSPS) is 13.8. The van der Waals surface area contributed by atoms with Gasteiger partial charge in [-0.25, -0.2) is 0 Å². The maximum absolute atomic E-state index is 9.28. The summed E-state index contributed by atoms with van der Waals surface area (Å²) in [5.41, 5.74) is -0.181. The third-order valence-corrected chi connectivity index (χ3v) is 3.48. The van der Waals surface area contributed by atoms with Gasteiger partial charge in [-0.3, -0.25) is 0 Å². The van der Waals surface area contributed by atoms with Crippen LogP contribution < -0.4 is 14.8 Å². The highest BCUT2D eigenvalue weighted by Gasteiger charge is 2.19. The Bertz CT molecular complexity index is 360. The molecule has 0 amide bonds. The highest BCUT2D eigenvalue weighted by molar-refractivity contribution is 5.31. The fourth-order valence-corrected chi connectivity index (χ4v) is 1.89. The number of ether oxygens (including phenoxy) is 2. The van der Waals surface area contributed by atoms with Gasteiger partial charge in [-0.1, -0.05) is 0 Å². The van der Waals surface area contributed by atoms with Crippen molar-refractivity contribution in [3.8, 4) is 11.5 Å². The SMILES string of the molecule is CCOc1ccc(OCCCCC(C)(CO)NC)cc1. The second-order valence-electron chi connectivity index (χ2n) is 5.18. The summed E-state index contributed by atoms with van der Waals surface area (Å²) >= 11 is 0. The number of aliphatic hydroxyl groups is 1. The summed E-state index contributed by atoms with van der Waals surface area (Å²) in [5, 5.41) is 12.4. The smallest absolute Gasteiger partial charge is 0.119 e. The summed E-state index contributed by atoms with van der Waals surface area (Å²) in [6, 6.07) is 7.69. The lowest BCUT2D eigenvalue weighted by atomic mass is 9.96. The van der Waals surface area contributed by atoms with Gasteiger partial charge in [0.2, 0.25) is 0 Å². The van der Waals surface area contributed by atoms with Crippen molar-refractivity contribution in [2.75, 3.05) is 26.9 Å². The van der Waals surface area contributed by atoms with Crippen LogP contribution in [-0.2, 0) is 0 Å². The number of unbranched alkanes of at least 4 members (excludes halogenated alkanes) is 1. The minimum atomic E-state index is -0.181. The summed E-state index contributed by atoms with van der Waals surface area (Å²) < 4.78 is 11.1. The molecule has 0 saturated heterocycles. The van der Waals surface area contributed by atoms with Gasteiger partial charge in [-0.2, -0.15) is 0 Å². The molecule has 4 nitrogen and oxygen atoms in total. The van der Waals surface area contributed by atoms with Crippen molar-refractivity contribution < 1.29 is 14.6 Å². The van der Waals surface area contributed by atoms with Crippen molar-refractivity contribution in [1.82, 2.24) is 5.32 Å². The van der Waals surface area contributed by atoms with Crippen LogP contribution in [0.5, 0.6) is 11.5 Å². The predicted octanol–water partition coefficient (Wildman–Crippen LogP) is 2.60. The zero-order valence-electron chi connectivity index (χ0n) is 12.8. The van der Waals surface area contributed by atoms with E-state index < -0.39 is 0 Å². The number of hydrogen-bond acceptors (Lipinski definition) is 4. The Balaban J connectivity index is 2.21. The Kier molecular flexibility index (Phi) is 7.41. The Morgan fingerprint density at radius 2 is 1.70 bits per heavy atom. The molecule has 1 rings (SSSR count). The first-order chi connectivity index (χ1) is 9.63. The molecule has 0 aromatic heterocycles. The van der Waals surface area contributed by atoms with Gasteiger partial charge in [0.15, 0.2) is 0 Å². The van der Waals surface area contributed by atoms with E-state index in [1.54, 1.807) is 0 Å². The molecule has 2 N–H and O–H groups in total. The van der Waals surface area contributed by atoms with Crippen LogP contribution in [0.2, 0.25) is 0 Å². The summed E-state index contributed by atoms with van der Waals surface area (Å²) in [5.74, 6) is 1.74. The van der Waals surface area contributed by atoms with Crippen molar-refractivity contribution in [2.24, 2.45) is 0 Å². The van der Waals surface area contributed by atoms with E-state index in [0.29, 0.717) is 13.2 Å². The van der Waals surface area contributed by atoms with Crippen molar-refractivity contribution in [3.05, 3.63) is 24.3 Å². The number of benzene rings is 1. The van der Waals surface area contributed by atoms with E-state index in [-0.39, 0.29) is 12.1 Å². The first-order valence-electron chi connectivity index (χ1n) is 7.29. The van der Waals surface area contributed by atoms with Gasteiger partial charge in [0.05, 0.1) is 19.8 Å². The van der Waals surface area contributed by atoms with E-state index >= 15 is 0 Å². The molecular formula is C16H27NO3. The van der Waals surface area contributed by atoms with E-state index in [4.69, 9.17) is 9.47 Å². The number of nitrogens with one attached hydrogen (secondary N) is 1. The van der Waals surface area contributed by atoms with Gasteiger partial charge >= 0.3 is 0 Å². The standard InChI is InChI=1S/C16H27NO3/c1-4-19-14-7-9-15(10-8-14)20-12-6-5-11-16(2,13-18)17-3/h7-10,17-18H,4-6,11-13H2,1-3H3. The minimum Gasteiger partial charge on any atom is -0.494 e. The van der Waals surface area contributed by atoms with Crippen molar-refractivity contribution in [2.45, 2.75) is 38.6 Å². The van der Waals surface area contributed by atoms with Crippen LogP contribution in [0.25, 0.3) is 0 Å². The Hall–Kier alpha value is -1.26. The first kappa shape index (κ1) is 16.8. The van der Waals surface area contributed by atoms with Gasteiger partial charge in [0.25, 0.3) is 0 Å². The monoisotopic (exact) mass is 281 g/mol. The summed E-state index contributed by atoms with van der Waals surface area (Å²) in [6.07, 6.45) is 2.94. The van der Waals surface area contributed by atoms with Gasteiger partial charge in [0, 0.05) is 5.54 Å². The molecular weight excluding hydrogens is 254 g/mol. The van der Waals surface area contributed by atoms with Crippen molar-refractivity contribution in [3.63, 3.8) is 0 Å². The summed E-state index contributed by atoms with van der Waals surface area (Å²) in [6.45, 7) is 5.52. The minimum absolute atomic E-state index is 0.156. The molecule has 0 aliphatic carbocycles. The number of aliphatic hydroxyl groups excluding tert-OH is 1. The number of hydrogen-bond donors (Lipinski definition) is 2. The molecule has 114 valence electrons. The van der Waals surface area contributed by atoms with E-state index in [9.17, 15) is 5.11 Å². The van der Waals surface area contributed by atoms with Gasteiger partial charge in [0.1, 0.15) is 11.5 Å². The number of rotatable bonds is 10. The molecule has 1 aromatic rings. The average molecular weight is 281 g/mol. The molecule has 1 aromatic carbocycles. The lowest BCUT2D eigenvalue weighted by Crippen LogP contribution is -2.43. The summed E-state index contributed by atoms with van der Waals surface area (Å²) in [7, 11) is 1.88. The maximum atomic E-state index is 9.28. The van der Waals surface area contributed by atoms with E-state index in [0.717, 1.165) is 30.8 Å². The molecule has 0 saturated carbocycles. The topological polar surface area (TPSA) is 50.7 Å². The van der Waals surface area contributed by atoms with E-state index in [1.807, 2.05) is 45.2 Å². The zero-order valence-corrected chi connectivity index (χ0v) is 12.8. The maximum Gasteiger partial charge on any atom is 0.119 e. The lowest BCUT2D eigenvalue weighted by Gasteiger charge is -2.26. The lowest BCUT2D eigenvalue weighted by molar-refractivity contribution is 0.168. The molecule has 1 unspecified atom stereocenters. The van der Waals surface area contributed by atoms with Gasteiger partial charge in [-0.15, -0.1) is 0 Å². The molecule has 0 aliphatic rings. The second kappa shape index (κ2) is 8.82. The molecule has 0 aliphatic heterocycles.